The van der Waals surface area contributed by atoms with E-state index in [2.05, 4.69) is 47.4 Å². The van der Waals surface area contributed by atoms with Gasteiger partial charge in [0, 0.05) is 17.6 Å². The monoisotopic (exact) mass is 369 g/mol. The predicted molar refractivity (Wildman–Crippen MR) is 105 cm³/mol. The van der Waals surface area contributed by atoms with Crippen molar-refractivity contribution in [3.63, 3.8) is 0 Å². The molecule has 1 aliphatic rings. The van der Waals surface area contributed by atoms with Crippen molar-refractivity contribution < 1.29 is 0 Å². The molecule has 1 aromatic heterocycles. The van der Waals surface area contributed by atoms with Gasteiger partial charge in [-0.2, -0.15) is 10.2 Å². The van der Waals surface area contributed by atoms with Crippen molar-refractivity contribution in [1.82, 2.24) is 9.97 Å². The Morgan fingerprint density at radius 1 is 1.31 bits per heavy atom. The van der Waals surface area contributed by atoms with Crippen LogP contribution < -0.4 is 10.6 Å². The number of hydrogen-bond donors (Lipinski definition) is 2. The predicted octanol–water partition coefficient (Wildman–Crippen LogP) is 4.50. The maximum absolute atomic E-state index is 9.34. The standard InChI is InChI=1S/C20H24ClN5/c1-13-10-17(20(13,2)3)25-18-15(11-22)12-24-19(26-18)23-9-8-14-4-6-16(21)7-5-14/h4-7,12-13,17H,8-10H2,1-3H3,(H2,23,24,25,26)/t13-,17+/m0/s1. The highest BCUT2D eigenvalue weighted by Crippen LogP contribution is 2.47. The molecule has 2 N–H and O–H groups in total. The molecule has 0 bridgehead atoms. The maximum atomic E-state index is 9.34. The molecule has 0 unspecified atom stereocenters. The minimum Gasteiger partial charge on any atom is -0.366 e. The smallest absolute Gasteiger partial charge is 0.224 e. The summed E-state index contributed by atoms with van der Waals surface area (Å²) in [5.74, 6) is 1.80. The molecule has 3 rings (SSSR count). The van der Waals surface area contributed by atoms with Gasteiger partial charge in [0.15, 0.2) is 0 Å². The van der Waals surface area contributed by atoms with Gasteiger partial charge in [-0.3, -0.25) is 0 Å². The van der Waals surface area contributed by atoms with Gasteiger partial charge in [-0.05, 0) is 41.9 Å². The van der Waals surface area contributed by atoms with E-state index in [-0.39, 0.29) is 5.41 Å². The molecule has 1 fully saturated rings. The van der Waals surface area contributed by atoms with Crippen LogP contribution >= 0.6 is 11.6 Å². The van der Waals surface area contributed by atoms with E-state index in [0.717, 1.165) is 17.9 Å². The summed E-state index contributed by atoms with van der Waals surface area (Å²) >= 11 is 5.91. The summed E-state index contributed by atoms with van der Waals surface area (Å²) in [6.07, 6.45) is 3.51. The van der Waals surface area contributed by atoms with Gasteiger partial charge < -0.3 is 10.6 Å². The number of nitrogens with one attached hydrogen (secondary N) is 2. The topological polar surface area (TPSA) is 73.6 Å². The fourth-order valence-corrected chi connectivity index (χ4v) is 3.31. The fourth-order valence-electron chi connectivity index (χ4n) is 3.18. The summed E-state index contributed by atoms with van der Waals surface area (Å²) in [7, 11) is 0. The van der Waals surface area contributed by atoms with Crippen molar-refractivity contribution in [2.75, 3.05) is 17.2 Å². The zero-order chi connectivity index (χ0) is 18.7. The zero-order valence-corrected chi connectivity index (χ0v) is 16.1. The van der Waals surface area contributed by atoms with Gasteiger partial charge in [-0.15, -0.1) is 0 Å². The molecule has 2 atom stereocenters. The van der Waals surface area contributed by atoms with E-state index in [0.29, 0.717) is 35.8 Å². The molecule has 1 aliphatic carbocycles. The van der Waals surface area contributed by atoms with E-state index in [1.165, 1.54) is 5.56 Å². The lowest BCUT2D eigenvalue weighted by Gasteiger charge is -2.51. The first-order valence-corrected chi connectivity index (χ1v) is 9.30. The molecule has 1 heterocycles. The van der Waals surface area contributed by atoms with E-state index in [1.54, 1.807) is 6.20 Å². The molecule has 2 aromatic rings. The Balaban J connectivity index is 1.63. The highest BCUT2D eigenvalue weighted by Gasteiger charge is 2.45. The Bertz CT molecular complexity index is 810. The second-order valence-electron chi connectivity index (χ2n) is 7.53. The molecule has 6 heteroatoms. The van der Waals surface area contributed by atoms with Crippen molar-refractivity contribution >= 4 is 23.4 Å². The summed E-state index contributed by atoms with van der Waals surface area (Å²) < 4.78 is 0. The van der Waals surface area contributed by atoms with Crippen molar-refractivity contribution in [3.05, 3.63) is 46.6 Å². The van der Waals surface area contributed by atoms with Crippen LogP contribution in [-0.2, 0) is 6.42 Å². The van der Waals surface area contributed by atoms with Gasteiger partial charge in [0.1, 0.15) is 17.5 Å². The van der Waals surface area contributed by atoms with E-state index < -0.39 is 0 Å². The Kier molecular flexibility index (Phi) is 5.33. The summed E-state index contributed by atoms with van der Waals surface area (Å²) in [6, 6.07) is 10.3. The van der Waals surface area contributed by atoms with Crippen molar-refractivity contribution in [2.45, 2.75) is 39.7 Å². The lowest BCUT2D eigenvalue weighted by Crippen LogP contribution is -2.52. The molecule has 0 amide bonds. The highest BCUT2D eigenvalue weighted by atomic mass is 35.5. The molecule has 0 radical (unpaired) electrons. The van der Waals surface area contributed by atoms with Crippen LogP contribution in [0.15, 0.2) is 30.5 Å². The van der Waals surface area contributed by atoms with E-state index >= 15 is 0 Å². The van der Waals surface area contributed by atoms with Crippen LogP contribution in [0.1, 0.15) is 38.3 Å². The van der Waals surface area contributed by atoms with Gasteiger partial charge >= 0.3 is 0 Å². The van der Waals surface area contributed by atoms with E-state index in [1.807, 2.05) is 24.3 Å². The van der Waals surface area contributed by atoms with E-state index in [4.69, 9.17) is 11.6 Å². The largest absolute Gasteiger partial charge is 0.366 e. The second kappa shape index (κ2) is 7.51. The summed E-state index contributed by atoms with van der Waals surface area (Å²) in [5, 5.41) is 16.8. The summed E-state index contributed by atoms with van der Waals surface area (Å²) in [6.45, 7) is 7.46. The third-order valence-corrected chi connectivity index (χ3v) is 5.84. The molecular weight excluding hydrogens is 346 g/mol. The first-order chi connectivity index (χ1) is 12.4. The van der Waals surface area contributed by atoms with Crippen LogP contribution in [-0.4, -0.2) is 22.6 Å². The number of rotatable bonds is 6. The minimum absolute atomic E-state index is 0.194. The molecule has 1 saturated carbocycles. The van der Waals surface area contributed by atoms with Crippen LogP contribution in [0.4, 0.5) is 11.8 Å². The van der Waals surface area contributed by atoms with Gasteiger partial charge in [-0.25, -0.2) is 4.98 Å². The zero-order valence-electron chi connectivity index (χ0n) is 15.4. The van der Waals surface area contributed by atoms with E-state index in [9.17, 15) is 5.26 Å². The average molecular weight is 370 g/mol. The normalized spacial score (nSPS) is 20.7. The Hall–Kier alpha value is -2.32. The molecule has 0 aliphatic heterocycles. The highest BCUT2D eigenvalue weighted by molar-refractivity contribution is 6.30. The number of halogens is 1. The van der Waals surface area contributed by atoms with Crippen LogP contribution in [0.5, 0.6) is 0 Å². The van der Waals surface area contributed by atoms with Gasteiger partial charge in [0.2, 0.25) is 5.95 Å². The third-order valence-electron chi connectivity index (χ3n) is 5.59. The van der Waals surface area contributed by atoms with Crippen molar-refractivity contribution in [2.24, 2.45) is 11.3 Å². The number of anilines is 2. The quantitative estimate of drug-likeness (QED) is 0.784. The van der Waals surface area contributed by atoms with Gasteiger partial charge in [0.05, 0.1) is 6.20 Å². The molecule has 0 saturated heterocycles. The fraction of sp³-hybridized carbons (Fsp3) is 0.450. The Morgan fingerprint density at radius 2 is 2.04 bits per heavy atom. The third kappa shape index (κ3) is 3.91. The van der Waals surface area contributed by atoms with Crippen LogP contribution in [0.3, 0.4) is 0 Å². The maximum Gasteiger partial charge on any atom is 0.224 e. The molecule has 136 valence electrons. The van der Waals surface area contributed by atoms with Crippen LogP contribution in [0.2, 0.25) is 5.02 Å². The Labute approximate surface area is 159 Å². The van der Waals surface area contributed by atoms with Crippen molar-refractivity contribution in [1.29, 1.82) is 5.26 Å². The number of hydrogen-bond acceptors (Lipinski definition) is 5. The number of nitriles is 1. The number of aromatic nitrogens is 2. The number of nitrogens with zero attached hydrogens (tertiary/aromatic N) is 3. The SMILES string of the molecule is C[C@H]1C[C@@H](Nc2nc(NCCc3ccc(Cl)cc3)ncc2C#N)C1(C)C. The molecule has 26 heavy (non-hydrogen) atoms. The molecule has 5 nitrogen and oxygen atoms in total. The lowest BCUT2D eigenvalue weighted by atomic mass is 9.59. The minimum atomic E-state index is 0.194. The first-order valence-electron chi connectivity index (χ1n) is 8.92. The Morgan fingerprint density at radius 3 is 2.65 bits per heavy atom. The summed E-state index contributed by atoms with van der Waals surface area (Å²) in [5.41, 5.74) is 1.86. The molecule has 0 spiro atoms. The van der Waals surface area contributed by atoms with Crippen LogP contribution in [0.25, 0.3) is 0 Å². The van der Waals surface area contributed by atoms with Crippen molar-refractivity contribution in [3.8, 4) is 6.07 Å². The van der Waals surface area contributed by atoms with Gasteiger partial charge in [0.25, 0.3) is 0 Å². The van der Waals surface area contributed by atoms with Crippen LogP contribution in [0, 0.1) is 22.7 Å². The first kappa shape index (κ1) is 18.5. The second-order valence-corrected chi connectivity index (χ2v) is 7.96. The summed E-state index contributed by atoms with van der Waals surface area (Å²) in [4.78, 5) is 8.78. The average Bonchev–Trinajstić information content (AvgIpc) is 2.63. The number of benzene rings is 1. The van der Waals surface area contributed by atoms with Gasteiger partial charge in [-0.1, -0.05) is 44.5 Å². The molecule has 1 aromatic carbocycles. The molecular formula is C20H24ClN5. The lowest BCUT2D eigenvalue weighted by molar-refractivity contribution is 0.0654.